The monoisotopic (exact) mass is 343 g/mol. The molecule has 1 N–H and O–H groups in total. The van der Waals surface area contributed by atoms with Gasteiger partial charge in [-0.1, -0.05) is 27.5 Å². The number of nitrogens with one attached hydrogen (secondary N) is 1. The topological polar surface area (TPSA) is 42.1 Å². The summed E-state index contributed by atoms with van der Waals surface area (Å²) in [6.07, 6.45) is 1.68. The van der Waals surface area contributed by atoms with Gasteiger partial charge in [-0.3, -0.25) is 4.79 Å². The van der Waals surface area contributed by atoms with Gasteiger partial charge in [0.25, 0.3) is 0 Å². The van der Waals surface area contributed by atoms with Gasteiger partial charge >= 0.3 is 5.97 Å². The maximum atomic E-state index is 11.9. The maximum absolute atomic E-state index is 11.9. The maximum Gasteiger partial charge on any atom is 0.316 e. The molecule has 0 aliphatic heterocycles. The van der Waals surface area contributed by atoms with E-state index in [0.717, 1.165) is 16.5 Å². The summed E-state index contributed by atoms with van der Waals surface area (Å²) in [4.78, 5) is 15.0. The molecule has 1 aromatic carbocycles. The van der Waals surface area contributed by atoms with Crippen LogP contribution in [0.5, 0.6) is 5.75 Å². The van der Waals surface area contributed by atoms with Crippen molar-refractivity contribution in [1.82, 2.24) is 4.98 Å². The number of halogens is 2. The zero-order chi connectivity index (χ0) is 14.2. The molecule has 1 aromatic heterocycles. The smallest absolute Gasteiger partial charge is 0.316 e. The molecule has 102 valence electrons. The van der Waals surface area contributed by atoms with E-state index in [0.29, 0.717) is 16.1 Å². The lowest BCUT2D eigenvalue weighted by Gasteiger charge is -2.15. The molecule has 1 heterocycles. The predicted octanol–water partition coefficient (Wildman–Crippen LogP) is 4.67. The molecule has 0 aliphatic rings. The molecule has 0 saturated heterocycles. The van der Waals surface area contributed by atoms with Crippen molar-refractivity contribution in [3.05, 3.63) is 28.9 Å². The van der Waals surface area contributed by atoms with Gasteiger partial charge in [-0.25, -0.2) is 0 Å². The summed E-state index contributed by atoms with van der Waals surface area (Å²) in [7, 11) is 0. The second-order valence-electron chi connectivity index (χ2n) is 5.42. The minimum absolute atomic E-state index is 0.260. The van der Waals surface area contributed by atoms with Gasteiger partial charge in [-0.15, -0.1) is 0 Å². The van der Waals surface area contributed by atoms with E-state index in [1.807, 2.05) is 32.9 Å². The van der Waals surface area contributed by atoms with E-state index < -0.39 is 5.41 Å². The van der Waals surface area contributed by atoms with Crippen LogP contribution >= 0.6 is 27.5 Å². The van der Waals surface area contributed by atoms with Crippen LogP contribution in [0.1, 0.15) is 26.3 Å². The van der Waals surface area contributed by atoms with Crippen molar-refractivity contribution in [2.75, 3.05) is 0 Å². The Hall–Kier alpha value is -1.000. The van der Waals surface area contributed by atoms with Gasteiger partial charge in [0.1, 0.15) is 0 Å². The molecule has 0 radical (unpaired) electrons. The zero-order valence-corrected chi connectivity index (χ0v) is 13.4. The van der Waals surface area contributed by atoms with E-state index in [1.54, 1.807) is 6.20 Å². The number of ether oxygens (including phenoxy) is 1. The lowest BCUT2D eigenvalue weighted by Crippen LogP contribution is -2.25. The predicted molar refractivity (Wildman–Crippen MR) is 81.0 cm³/mol. The van der Waals surface area contributed by atoms with Crippen LogP contribution in [0.3, 0.4) is 0 Å². The Labute approximate surface area is 125 Å². The normalized spacial score (nSPS) is 11.8. The van der Waals surface area contributed by atoms with E-state index in [1.165, 1.54) is 0 Å². The lowest BCUT2D eigenvalue weighted by molar-refractivity contribution is -0.142. The number of aromatic nitrogens is 1. The number of aromatic amines is 1. The van der Waals surface area contributed by atoms with E-state index in [9.17, 15) is 4.79 Å². The third-order valence-corrected chi connectivity index (χ3v) is 3.73. The molecule has 0 saturated carbocycles. The van der Waals surface area contributed by atoms with Crippen molar-refractivity contribution in [3.8, 4) is 5.75 Å². The number of H-pyrrole nitrogens is 1. The van der Waals surface area contributed by atoms with Crippen LogP contribution in [0.4, 0.5) is 0 Å². The van der Waals surface area contributed by atoms with Gasteiger partial charge < -0.3 is 9.72 Å². The van der Waals surface area contributed by atoms with Crippen molar-refractivity contribution in [1.29, 1.82) is 0 Å². The van der Waals surface area contributed by atoms with Crippen molar-refractivity contribution < 1.29 is 9.53 Å². The molecule has 0 bridgehead atoms. The van der Waals surface area contributed by atoms with Crippen LogP contribution in [0.15, 0.2) is 18.3 Å². The first-order valence-electron chi connectivity index (χ1n) is 5.90. The summed E-state index contributed by atoms with van der Waals surface area (Å²) < 4.78 is 5.44. The number of hydrogen-bond acceptors (Lipinski definition) is 2. The van der Waals surface area contributed by atoms with Crippen LogP contribution in [-0.2, 0) is 10.1 Å². The number of alkyl halides is 1. The van der Waals surface area contributed by atoms with Gasteiger partial charge in [0, 0.05) is 21.9 Å². The Balaban J connectivity index is 2.42. The molecule has 19 heavy (non-hydrogen) atoms. The molecule has 5 heteroatoms. The van der Waals surface area contributed by atoms with Crippen molar-refractivity contribution in [3.63, 3.8) is 0 Å². The molecule has 0 amide bonds. The van der Waals surface area contributed by atoms with E-state index in [4.69, 9.17) is 16.3 Å². The number of carbonyl (C=O) groups excluding carboxylic acids is 1. The van der Waals surface area contributed by atoms with E-state index in [2.05, 4.69) is 20.9 Å². The molecule has 3 nitrogen and oxygen atoms in total. The highest BCUT2D eigenvalue weighted by Crippen LogP contribution is 2.32. The van der Waals surface area contributed by atoms with Crippen LogP contribution in [0.2, 0.25) is 5.02 Å². The van der Waals surface area contributed by atoms with Crippen LogP contribution in [0, 0.1) is 5.41 Å². The van der Waals surface area contributed by atoms with Gasteiger partial charge in [-0.2, -0.15) is 0 Å². The quantitative estimate of drug-likeness (QED) is 0.635. The Morgan fingerprint density at radius 1 is 1.42 bits per heavy atom. The minimum atomic E-state index is -0.533. The molecule has 2 rings (SSSR count). The second kappa shape index (κ2) is 5.17. The Morgan fingerprint density at radius 3 is 2.68 bits per heavy atom. The average Bonchev–Trinajstić information content (AvgIpc) is 2.69. The minimum Gasteiger partial charge on any atom is -0.424 e. The first-order chi connectivity index (χ1) is 8.82. The molecule has 0 unspecified atom stereocenters. The first-order valence-corrected chi connectivity index (χ1v) is 7.40. The number of benzene rings is 1. The zero-order valence-electron chi connectivity index (χ0n) is 11.0. The van der Waals surface area contributed by atoms with E-state index in [-0.39, 0.29) is 5.97 Å². The largest absolute Gasteiger partial charge is 0.424 e. The number of carbonyl (C=O) groups is 1. The molecule has 0 atom stereocenters. The Bertz CT molecular complexity index is 628. The van der Waals surface area contributed by atoms with Gasteiger partial charge in [-0.05, 0) is 38.5 Å². The van der Waals surface area contributed by atoms with Gasteiger partial charge in [0.2, 0.25) is 0 Å². The molecular weight excluding hydrogens is 330 g/mol. The number of esters is 1. The summed E-state index contributed by atoms with van der Waals surface area (Å²) in [6, 6.07) is 3.76. The van der Waals surface area contributed by atoms with Crippen LogP contribution < -0.4 is 4.74 Å². The summed E-state index contributed by atoms with van der Waals surface area (Å²) in [6.45, 7) is 5.47. The van der Waals surface area contributed by atoms with Crippen LogP contribution in [0.25, 0.3) is 10.9 Å². The fourth-order valence-corrected chi connectivity index (χ4v) is 2.46. The van der Waals surface area contributed by atoms with Gasteiger partial charge in [0.15, 0.2) is 5.75 Å². The molecular formula is C14H15BrClNO2. The third kappa shape index (κ3) is 2.95. The number of fused-ring (bicyclic) bond motifs is 1. The SMILES string of the molecule is CC(C)(C)C(=O)Oc1c[nH]c2cc(Cl)c(CBr)cc12. The van der Waals surface area contributed by atoms with E-state index >= 15 is 0 Å². The second-order valence-corrected chi connectivity index (χ2v) is 6.38. The van der Waals surface area contributed by atoms with Crippen molar-refractivity contribution in [2.24, 2.45) is 5.41 Å². The molecule has 0 fully saturated rings. The highest BCUT2D eigenvalue weighted by molar-refractivity contribution is 9.08. The fourth-order valence-electron chi connectivity index (χ4n) is 1.60. The molecule has 0 aliphatic carbocycles. The van der Waals surface area contributed by atoms with Crippen molar-refractivity contribution in [2.45, 2.75) is 26.1 Å². The Morgan fingerprint density at radius 2 is 2.11 bits per heavy atom. The molecule has 2 aromatic rings. The lowest BCUT2D eigenvalue weighted by atomic mass is 9.97. The molecule has 0 spiro atoms. The first kappa shape index (κ1) is 14.4. The summed E-state index contributed by atoms with van der Waals surface area (Å²) in [5.74, 6) is 0.275. The van der Waals surface area contributed by atoms with Crippen molar-refractivity contribution >= 4 is 44.4 Å². The summed E-state index contributed by atoms with van der Waals surface area (Å²) in [5.41, 5.74) is 1.28. The highest BCUT2D eigenvalue weighted by Gasteiger charge is 2.24. The van der Waals surface area contributed by atoms with Crippen LogP contribution in [-0.4, -0.2) is 11.0 Å². The van der Waals surface area contributed by atoms with Gasteiger partial charge in [0.05, 0.1) is 10.9 Å². The average molecular weight is 345 g/mol. The highest BCUT2D eigenvalue weighted by atomic mass is 79.9. The standard InChI is InChI=1S/C14H15BrClNO2/c1-14(2,3)13(18)19-12-7-17-11-5-10(16)8(6-15)4-9(11)12/h4-5,7,17H,6H2,1-3H3. The number of rotatable bonds is 2. The summed E-state index contributed by atoms with van der Waals surface area (Å²) in [5, 5.41) is 2.19. The number of hydrogen-bond donors (Lipinski definition) is 1. The fraction of sp³-hybridized carbons (Fsp3) is 0.357. The Kier molecular flexibility index (Phi) is 3.92. The summed E-state index contributed by atoms with van der Waals surface area (Å²) >= 11 is 9.52. The third-order valence-electron chi connectivity index (χ3n) is 2.77.